The van der Waals surface area contributed by atoms with Gasteiger partial charge in [0.1, 0.15) is 0 Å². The van der Waals surface area contributed by atoms with Crippen molar-refractivity contribution in [2.24, 2.45) is 0 Å². The summed E-state index contributed by atoms with van der Waals surface area (Å²) in [6.45, 7) is 0. The van der Waals surface area contributed by atoms with Gasteiger partial charge in [0.2, 0.25) is 0 Å². The quantitative estimate of drug-likeness (QED) is 0.528. The van der Waals surface area contributed by atoms with Crippen molar-refractivity contribution in [3.63, 3.8) is 0 Å². The molecule has 0 saturated carbocycles. The van der Waals surface area contributed by atoms with E-state index in [0.717, 1.165) is 6.07 Å². The number of benzene rings is 1. The van der Waals surface area contributed by atoms with E-state index in [0.29, 0.717) is 12.1 Å². The van der Waals surface area contributed by atoms with Crippen LogP contribution in [0.2, 0.25) is 0 Å². The first-order chi connectivity index (χ1) is 6.32. The summed E-state index contributed by atoms with van der Waals surface area (Å²) < 4.78 is 36.3. The van der Waals surface area contributed by atoms with Crippen LogP contribution in [0.25, 0.3) is 0 Å². The lowest BCUT2D eigenvalue weighted by Crippen LogP contribution is -2.96. The fourth-order valence-electron chi connectivity index (χ4n) is 0.909. The van der Waals surface area contributed by atoms with Crippen LogP contribution in [0.4, 0.5) is 24.5 Å². The minimum Gasteiger partial charge on any atom is -0.628 e. The van der Waals surface area contributed by atoms with Crippen LogP contribution in [0.1, 0.15) is 5.56 Å². The van der Waals surface area contributed by atoms with Crippen LogP contribution in [0.5, 0.6) is 0 Å². The summed E-state index contributed by atoms with van der Waals surface area (Å²) in [5.74, 6) is 0. The van der Waals surface area contributed by atoms with Crippen molar-refractivity contribution in [3.05, 3.63) is 34.2 Å². The lowest BCUT2D eigenvalue weighted by Gasteiger charge is -2.26. The molecule has 0 atom stereocenters. The zero-order chi connectivity index (χ0) is 10.9. The second-order valence-corrected chi connectivity index (χ2v) is 2.59. The van der Waals surface area contributed by atoms with Crippen LogP contribution in [-0.2, 0) is 6.18 Å². The van der Waals surface area contributed by atoms with Gasteiger partial charge in [-0.2, -0.15) is 13.2 Å². The molecule has 0 unspecified atom stereocenters. The molecule has 0 aliphatic rings. The maximum absolute atomic E-state index is 12.1. The molecule has 0 heterocycles. The van der Waals surface area contributed by atoms with Gasteiger partial charge in [0.25, 0.3) is 0 Å². The summed E-state index contributed by atoms with van der Waals surface area (Å²) in [4.78, 5) is 0. The molecule has 1 rings (SSSR count). The minimum absolute atomic E-state index is 0.252. The van der Waals surface area contributed by atoms with E-state index >= 15 is 0 Å². The molecule has 7 heteroatoms. The number of anilines is 1. The SMILES string of the molecule is Nc1ccc(C(F)(F)F)cc1[NH+]([O-])[O-]. The first kappa shape index (κ1) is 10.8. The van der Waals surface area contributed by atoms with Gasteiger partial charge in [0, 0.05) is 6.07 Å². The van der Waals surface area contributed by atoms with Crippen LogP contribution >= 0.6 is 0 Å². The number of nitrogens with one attached hydrogen (secondary N) is 1. The molecule has 0 amide bonds. The van der Waals surface area contributed by atoms with E-state index in [9.17, 15) is 23.6 Å². The van der Waals surface area contributed by atoms with E-state index < -0.39 is 22.7 Å². The number of alkyl halides is 3. The molecule has 78 valence electrons. The Bertz CT molecular complexity index is 338. The predicted molar refractivity (Wildman–Crippen MR) is 43.2 cm³/mol. The van der Waals surface area contributed by atoms with Crippen LogP contribution < -0.4 is 11.0 Å². The smallest absolute Gasteiger partial charge is 0.416 e. The van der Waals surface area contributed by atoms with Gasteiger partial charge in [-0.15, -0.1) is 0 Å². The van der Waals surface area contributed by atoms with Crippen molar-refractivity contribution < 1.29 is 18.4 Å². The van der Waals surface area contributed by atoms with Gasteiger partial charge < -0.3 is 21.4 Å². The number of quaternary nitrogens is 1. The van der Waals surface area contributed by atoms with Gasteiger partial charge in [0.05, 0.1) is 11.3 Å². The molecule has 3 N–H and O–H groups in total. The molecule has 0 aliphatic heterocycles. The van der Waals surface area contributed by atoms with Gasteiger partial charge in [0.15, 0.2) is 5.69 Å². The third-order valence-corrected chi connectivity index (χ3v) is 1.60. The summed E-state index contributed by atoms with van der Waals surface area (Å²) in [7, 11) is 0. The maximum Gasteiger partial charge on any atom is 0.416 e. The van der Waals surface area contributed by atoms with Crippen molar-refractivity contribution in [2.75, 3.05) is 5.73 Å². The molecule has 0 radical (unpaired) electrons. The molecule has 1 aromatic rings. The number of rotatable bonds is 1. The standard InChI is InChI=1S/C7H6F3N2O2/c8-7(9,10)4-1-2-5(11)6(3-4)12(13)14/h1-3,12H,11H2/q-1. The second-order valence-electron chi connectivity index (χ2n) is 2.59. The normalized spacial score (nSPS) is 12.1. The van der Waals surface area contributed by atoms with Crippen LogP contribution in [0.3, 0.4) is 0 Å². The fraction of sp³-hybridized carbons (Fsp3) is 0.143. The van der Waals surface area contributed by atoms with E-state index in [1.807, 2.05) is 0 Å². The van der Waals surface area contributed by atoms with Crippen LogP contribution in [0.15, 0.2) is 18.2 Å². The molecular weight excluding hydrogens is 201 g/mol. The number of nitrogens with two attached hydrogens (primary N) is 1. The number of hydrogen-bond donors (Lipinski definition) is 2. The summed E-state index contributed by atoms with van der Waals surface area (Å²) >= 11 is 0. The highest BCUT2D eigenvalue weighted by atomic mass is 19.4. The van der Waals surface area contributed by atoms with Gasteiger partial charge in [-0.1, -0.05) is 0 Å². The zero-order valence-corrected chi connectivity index (χ0v) is 6.76. The van der Waals surface area contributed by atoms with Gasteiger partial charge in [-0.25, -0.2) is 0 Å². The van der Waals surface area contributed by atoms with E-state index in [1.54, 1.807) is 0 Å². The van der Waals surface area contributed by atoms with Gasteiger partial charge in [-0.05, 0) is 12.1 Å². The van der Waals surface area contributed by atoms with Crippen molar-refractivity contribution in [2.45, 2.75) is 6.18 Å². The van der Waals surface area contributed by atoms with E-state index in [4.69, 9.17) is 5.73 Å². The maximum atomic E-state index is 12.1. The third kappa shape index (κ3) is 2.13. The first-order valence-corrected chi connectivity index (χ1v) is 3.50. The topological polar surface area (TPSA) is 76.6 Å². The zero-order valence-electron chi connectivity index (χ0n) is 6.76. The van der Waals surface area contributed by atoms with Crippen molar-refractivity contribution in [1.29, 1.82) is 0 Å². The molecule has 0 aliphatic carbocycles. The van der Waals surface area contributed by atoms with Crippen LogP contribution in [-0.4, -0.2) is 0 Å². The molecule has 0 saturated heterocycles. The Kier molecular flexibility index (Phi) is 2.65. The first-order valence-electron chi connectivity index (χ1n) is 3.50. The van der Waals surface area contributed by atoms with Crippen LogP contribution in [0, 0.1) is 10.4 Å². The van der Waals surface area contributed by atoms with E-state index in [1.165, 1.54) is 0 Å². The highest BCUT2D eigenvalue weighted by molar-refractivity contribution is 5.59. The molecule has 0 spiro atoms. The third-order valence-electron chi connectivity index (χ3n) is 1.60. The molecule has 0 bridgehead atoms. The molecule has 0 fully saturated rings. The van der Waals surface area contributed by atoms with E-state index in [2.05, 4.69) is 0 Å². The molecule has 4 nitrogen and oxygen atoms in total. The summed E-state index contributed by atoms with van der Waals surface area (Å²) in [5, 5.41) is 19.0. The Hall–Kier alpha value is -1.31. The van der Waals surface area contributed by atoms with Gasteiger partial charge in [-0.3, -0.25) is 0 Å². The van der Waals surface area contributed by atoms with E-state index in [-0.39, 0.29) is 5.69 Å². The van der Waals surface area contributed by atoms with Crippen molar-refractivity contribution in [1.82, 2.24) is 0 Å². The fourth-order valence-corrected chi connectivity index (χ4v) is 0.909. The number of halogens is 3. The average Bonchev–Trinajstić information content (AvgIpc) is 2.02. The summed E-state index contributed by atoms with van der Waals surface area (Å²) in [5.41, 5.74) is 3.18. The lowest BCUT2D eigenvalue weighted by atomic mass is 10.1. The average molecular weight is 207 g/mol. The predicted octanol–water partition coefficient (Wildman–Crippen LogP) is 0.800. The Balaban J connectivity index is 3.20. The highest BCUT2D eigenvalue weighted by Gasteiger charge is 2.31. The Morgan fingerprint density at radius 2 is 1.79 bits per heavy atom. The highest BCUT2D eigenvalue weighted by Crippen LogP contribution is 2.31. The summed E-state index contributed by atoms with van der Waals surface area (Å²) in [6, 6.07) is 2.04. The lowest BCUT2D eigenvalue weighted by molar-refractivity contribution is -0.714. The van der Waals surface area contributed by atoms with Crippen molar-refractivity contribution in [3.8, 4) is 0 Å². The monoisotopic (exact) mass is 207 g/mol. The largest absolute Gasteiger partial charge is 0.628 e. The molecular formula is C7H6F3N2O2-. The number of hydrogen-bond acceptors (Lipinski definition) is 3. The molecule has 1 aromatic carbocycles. The Morgan fingerprint density at radius 1 is 1.21 bits per heavy atom. The van der Waals surface area contributed by atoms with Gasteiger partial charge >= 0.3 is 6.18 Å². The number of nitrogen functional groups attached to an aromatic ring is 1. The van der Waals surface area contributed by atoms with Crippen molar-refractivity contribution >= 4 is 11.4 Å². The minimum atomic E-state index is -4.59. The second kappa shape index (κ2) is 3.45. The Morgan fingerprint density at radius 3 is 2.21 bits per heavy atom. The summed E-state index contributed by atoms with van der Waals surface area (Å²) in [6.07, 6.45) is -4.59. The molecule has 0 aromatic heterocycles. The molecule has 14 heavy (non-hydrogen) atoms. The Labute approximate surface area is 76.9 Å².